The molecule has 0 unspecified atom stereocenters. The van der Waals surface area contributed by atoms with Gasteiger partial charge in [0.05, 0.1) is 18.5 Å². The first-order valence-electron chi connectivity index (χ1n) is 3.63. The van der Waals surface area contributed by atoms with Gasteiger partial charge in [-0.3, -0.25) is 0 Å². The molecule has 0 aliphatic heterocycles. The zero-order valence-corrected chi connectivity index (χ0v) is 6.95. The van der Waals surface area contributed by atoms with E-state index >= 15 is 0 Å². The lowest BCUT2D eigenvalue weighted by Crippen LogP contribution is -2.10. The fraction of sp³-hybridized carbons (Fsp3) is 0.429. The summed E-state index contributed by atoms with van der Waals surface area (Å²) in [5.41, 5.74) is 6.12. The van der Waals surface area contributed by atoms with E-state index in [1.165, 1.54) is 6.33 Å². The van der Waals surface area contributed by atoms with Crippen LogP contribution in [-0.2, 0) is 4.74 Å². The van der Waals surface area contributed by atoms with Gasteiger partial charge in [-0.15, -0.1) is 0 Å². The highest BCUT2D eigenvalue weighted by atomic mass is 16.5. The Morgan fingerprint density at radius 3 is 3.17 bits per heavy atom. The number of ether oxygens (including phenoxy) is 1. The monoisotopic (exact) mass is 168 g/mol. The van der Waals surface area contributed by atoms with Gasteiger partial charge in [-0.1, -0.05) is 0 Å². The summed E-state index contributed by atoms with van der Waals surface area (Å²) < 4.78 is 4.86. The molecule has 0 aliphatic rings. The van der Waals surface area contributed by atoms with Gasteiger partial charge in [0.1, 0.15) is 6.33 Å². The lowest BCUT2D eigenvalue weighted by atomic mass is 10.5. The highest BCUT2D eigenvalue weighted by Gasteiger charge is 1.96. The van der Waals surface area contributed by atoms with E-state index in [1.807, 2.05) is 0 Å². The second-order valence-corrected chi connectivity index (χ2v) is 2.25. The minimum atomic E-state index is 0.550. The molecule has 0 aliphatic carbocycles. The summed E-state index contributed by atoms with van der Waals surface area (Å²) >= 11 is 0. The number of nitrogens with two attached hydrogens (primary N) is 1. The van der Waals surface area contributed by atoms with Crippen molar-refractivity contribution in [1.29, 1.82) is 0 Å². The molecule has 1 aromatic rings. The number of rotatable bonds is 4. The average Bonchev–Trinajstić information content (AvgIpc) is 2.09. The number of nitrogen functional groups attached to an aromatic ring is 1. The molecule has 0 fully saturated rings. The Morgan fingerprint density at radius 1 is 1.67 bits per heavy atom. The summed E-state index contributed by atoms with van der Waals surface area (Å²) in [6.45, 7) is 1.32. The van der Waals surface area contributed by atoms with Crippen LogP contribution in [0.5, 0.6) is 0 Å². The van der Waals surface area contributed by atoms with Gasteiger partial charge in [0.15, 0.2) is 5.82 Å². The van der Waals surface area contributed by atoms with Gasteiger partial charge in [0.2, 0.25) is 0 Å². The van der Waals surface area contributed by atoms with Crippen molar-refractivity contribution in [2.45, 2.75) is 0 Å². The van der Waals surface area contributed by atoms with Gasteiger partial charge < -0.3 is 15.8 Å². The van der Waals surface area contributed by atoms with E-state index in [0.29, 0.717) is 24.7 Å². The van der Waals surface area contributed by atoms with E-state index in [2.05, 4.69) is 15.3 Å². The Kier molecular flexibility index (Phi) is 3.28. The lowest BCUT2D eigenvalue weighted by Gasteiger charge is -2.05. The Bertz CT molecular complexity index is 241. The number of hydrogen-bond donors (Lipinski definition) is 2. The fourth-order valence-corrected chi connectivity index (χ4v) is 0.760. The molecular weight excluding hydrogens is 156 g/mol. The van der Waals surface area contributed by atoms with Gasteiger partial charge in [0.25, 0.3) is 0 Å². The first-order valence-corrected chi connectivity index (χ1v) is 3.63. The van der Waals surface area contributed by atoms with Gasteiger partial charge >= 0.3 is 0 Å². The molecule has 3 N–H and O–H groups in total. The van der Waals surface area contributed by atoms with Crippen molar-refractivity contribution in [1.82, 2.24) is 9.97 Å². The second-order valence-electron chi connectivity index (χ2n) is 2.25. The molecule has 0 bridgehead atoms. The zero-order chi connectivity index (χ0) is 8.81. The van der Waals surface area contributed by atoms with Crippen LogP contribution in [-0.4, -0.2) is 30.2 Å². The van der Waals surface area contributed by atoms with Crippen LogP contribution in [0.4, 0.5) is 11.5 Å². The van der Waals surface area contributed by atoms with Crippen LogP contribution in [0.25, 0.3) is 0 Å². The third-order valence-corrected chi connectivity index (χ3v) is 1.34. The van der Waals surface area contributed by atoms with E-state index < -0.39 is 0 Å². The van der Waals surface area contributed by atoms with Crippen molar-refractivity contribution in [2.75, 3.05) is 31.3 Å². The highest BCUT2D eigenvalue weighted by Crippen LogP contribution is 2.09. The third kappa shape index (κ3) is 2.35. The van der Waals surface area contributed by atoms with Crippen molar-refractivity contribution in [3.8, 4) is 0 Å². The zero-order valence-electron chi connectivity index (χ0n) is 6.95. The molecule has 0 spiro atoms. The first-order chi connectivity index (χ1) is 5.84. The molecule has 5 nitrogen and oxygen atoms in total. The predicted molar refractivity (Wildman–Crippen MR) is 46.8 cm³/mol. The standard InChI is InChI=1S/C7H12N4O/c1-12-3-2-10-7-6(8)4-9-5-11-7/h4-5H,2-3,8H2,1H3,(H,9,10,11). The van der Waals surface area contributed by atoms with E-state index in [1.54, 1.807) is 13.3 Å². The maximum Gasteiger partial charge on any atom is 0.152 e. The molecule has 0 radical (unpaired) electrons. The van der Waals surface area contributed by atoms with Crippen LogP contribution in [0.2, 0.25) is 0 Å². The molecule has 0 aromatic carbocycles. The van der Waals surface area contributed by atoms with Crippen molar-refractivity contribution in [3.05, 3.63) is 12.5 Å². The summed E-state index contributed by atoms with van der Waals surface area (Å²) in [5.74, 6) is 0.655. The lowest BCUT2D eigenvalue weighted by molar-refractivity contribution is 0.210. The Labute approximate surface area is 71.0 Å². The molecule has 0 amide bonds. The maximum absolute atomic E-state index is 5.57. The Hall–Kier alpha value is -1.36. The molecule has 66 valence electrons. The van der Waals surface area contributed by atoms with Gasteiger partial charge in [0, 0.05) is 13.7 Å². The van der Waals surface area contributed by atoms with Crippen molar-refractivity contribution < 1.29 is 4.74 Å². The van der Waals surface area contributed by atoms with E-state index in [4.69, 9.17) is 10.5 Å². The number of aromatic nitrogens is 2. The van der Waals surface area contributed by atoms with Crippen LogP contribution in [0.15, 0.2) is 12.5 Å². The Morgan fingerprint density at radius 2 is 2.50 bits per heavy atom. The molecule has 0 atom stereocenters. The first kappa shape index (κ1) is 8.73. The van der Waals surface area contributed by atoms with E-state index in [0.717, 1.165) is 0 Å². The van der Waals surface area contributed by atoms with Crippen LogP contribution in [0.1, 0.15) is 0 Å². The highest BCUT2D eigenvalue weighted by molar-refractivity contribution is 5.58. The molecule has 0 saturated carbocycles. The largest absolute Gasteiger partial charge is 0.394 e. The van der Waals surface area contributed by atoms with Gasteiger partial charge in [-0.25, -0.2) is 9.97 Å². The van der Waals surface area contributed by atoms with Crippen molar-refractivity contribution in [2.24, 2.45) is 0 Å². The quantitative estimate of drug-likeness (QED) is 0.624. The number of anilines is 2. The molecule has 1 aromatic heterocycles. The normalized spacial score (nSPS) is 9.75. The summed E-state index contributed by atoms with van der Waals surface area (Å²) in [7, 11) is 1.64. The third-order valence-electron chi connectivity index (χ3n) is 1.34. The minimum absolute atomic E-state index is 0.550. The van der Waals surface area contributed by atoms with Crippen LogP contribution in [0.3, 0.4) is 0 Å². The van der Waals surface area contributed by atoms with Crippen LogP contribution < -0.4 is 11.1 Å². The fourth-order valence-electron chi connectivity index (χ4n) is 0.760. The van der Waals surface area contributed by atoms with Crippen molar-refractivity contribution in [3.63, 3.8) is 0 Å². The van der Waals surface area contributed by atoms with Crippen molar-refractivity contribution >= 4 is 11.5 Å². The average molecular weight is 168 g/mol. The molecule has 5 heteroatoms. The summed E-state index contributed by atoms with van der Waals surface area (Å²) in [6, 6.07) is 0. The van der Waals surface area contributed by atoms with E-state index in [9.17, 15) is 0 Å². The maximum atomic E-state index is 5.57. The molecule has 0 saturated heterocycles. The topological polar surface area (TPSA) is 73.1 Å². The van der Waals surface area contributed by atoms with Crippen LogP contribution in [0, 0.1) is 0 Å². The molecule has 1 rings (SSSR count). The molecular formula is C7H12N4O. The van der Waals surface area contributed by atoms with Crippen LogP contribution >= 0.6 is 0 Å². The minimum Gasteiger partial charge on any atom is -0.394 e. The van der Waals surface area contributed by atoms with Gasteiger partial charge in [-0.05, 0) is 0 Å². The SMILES string of the molecule is COCCNc1ncncc1N. The van der Waals surface area contributed by atoms with Gasteiger partial charge in [-0.2, -0.15) is 0 Å². The molecule has 1 heterocycles. The smallest absolute Gasteiger partial charge is 0.152 e. The predicted octanol–water partition coefficient (Wildman–Crippen LogP) is 0.117. The summed E-state index contributed by atoms with van der Waals surface area (Å²) in [5, 5.41) is 3.01. The number of methoxy groups -OCH3 is 1. The number of hydrogen-bond acceptors (Lipinski definition) is 5. The second kappa shape index (κ2) is 4.50. The number of nitrogens with zero attached hydrogens (tertiary/aromatic N) is 2. The number of nitrogens with one attached hydrogen (secondary N) is 1. The summed E-state index contributed by atoms with van der Waals surface area (Å²) in [6.07, 6.45) is 3.01. The van der Waals surface area contributed by atoms with E-state index in [-0.39, 0.29) is 0 Å². The summed E-state index contributed by atoms with van der Waals surface area (Å²) in [4.78, 5) is 7.71. The molecule has 12 heavy (non-hydrogen) atoms. The Balaban J connectivity index is 2.46.